The zero-order chi connectivity index (χ0) is 18.5. The van der Waals surface area contributed by atoms with Gasteiger partial charge < -0.3 is 16.0 Å². The fourth-order valence-corrected chi connectivity index (χ4v) is 3.22. The summed E-state index contributed by atoms with van der Waals surface area (Å²) in [6, 6.07) is 6.98. The molecule has 0 aliphatic carbocycles. The van der Waals surface area contributed by atoms with Gasteiger partial charge in [0.25, 0.3) is 5.91 Å². The van der Waals surface area contributed by atoms with Crippen molar-refractivity contribution in [2.75, 3.05) is 25.0 Å². The Hall–Kier alpha value is -2.38. The average Bonchev–Trinajstić information content (AvgIpc) is 3.29. The molecule has 1 aromatic carbocycles. The van der Waals surface area contributed by atoms with Crippen LogP contribution in [0.15, 0.2) is 36.7 Å². The Morgan fingerprint density at radius 3 is 2.63 bits per heavy atom. The summed E-state index contributed by atoms with van der Waals surface area (Å²) in [5, 5.41) is 13.3. The molecule has 1 fully saturated rings. The first-order valence-corrected chi connectivity index (χ1v) is 8.97. The lowest BCUT2D eigenvalue weighted by molar-refractivity contribution is -0.119. The van der Waals surface area contributed by atoms with E-state index in [1.807, 2.05) is 26.4 Å². The lowest BCUT2D eigenvalue weighted by Gasteiger charge is -2.17. The van der Waals surface area contributed by atoms with E-state index in [2.05, 4.69) is 21.0 Å². The quantitative estimate of drug-likeness (QED) is 0.702. The van der Waals surface area contributed by atoms with Gasteiger partial charge in [0, 0.05) is 50.0 Å². The van der Waals surface area contributed by atoms with Crippen LogP contribution >= 0.6 is 12.4 Å². The second kappa shape index (κ2) is 9.53. The molecule has 2 aromatic rings. The van der Waals surface area contributed by atoms with Gasteiger partial charge in [0.1, 0.15) is 0 Å². The summed E-state index contributed by atoms with van der Waals surface area (Å²) in [6.45, 7) is 4.07. The van der Waals surface area contributed by atoms with Crippen molar-refractivity contribution >= 4 is 29.9 Å². The highest BCUT2D eigenvalue weighted by Crippen LogP contribution is 2.28. The highest BCUT2D eigenvalue weighted by atomic mass is 35.5. The molecule has 146 valence electrons. The number of aryl methyl sites for hydroxylation is 1. The molecule has 2 heterocycles. The van der Waals surface area contributed by atoms with Gasteiger partial charge in [0.2, 0.25) is 5.91 Å². The molecule has 0 bridgehead atoms. The third-order valence-corrected chi connectivity index (χ3v) is 4.65. The number of carbonyl (C=O) groups is 2. The molecule has 1 aliphatic rings. The molecule has 2 atom stereocenters. The molecule has 8 heteroatoms. The molecule has 1 aliphatic heterocycles. The maximum atomic E-state index is 12.7. The molecular formula is C19H26ClN5O2. The summed E-state index contributed by atoms with van der Waals surface area (Å²) in [6.07, 6.45) is 4.68. The Morgan fingerprint density at radius 2 is 2.00 bits per heavy atom. The largest absolute Gasteiger partial charge is 0.352 e. The molecule has 3 rings (SSSR count). The van der Waals surface area contributed by atoms with Gasteiger partial charge in [0.05, 0.1) is 12.1 Å². The SMILES string of the molecule is CCCNC(=O)c1ccc(NC(=O)[C@H]2CNC[C@@H]2c2cnn(C)c2)cc1.Cl. The van der Waals surface area contributed by atoms with Crippen molar-refractivity contribution in [2.45, 2.75) is 19.3 Å². The number of aromatic nitrogens is 2. The number of anilines is 1. The zero-order valence-corrected chi connectivity index (χ0v) is 16.4. The fraction of sp³-hybridized carbons (Fsp3) is 0.421. The maximum absolute atomic E-state index is 12.7. The summed E-state index contributed by atoms with van der Waals surface area (Å²) in [7, 11) is 1.87. The lowest BCUT2D eigenvalue weighted by atomic mass is 9.90. The minimum atomic E-state index is -0.147. The van der Waals surface area contributed by atoms with Crippen LogP contribution in [0, 0.1) is 5.92 Å². The van der Waals surface area contributed by atoms with Crippen molar-refractivity contribution in [3.8, 4) is 0 Å². The minimum absolute atomic E-state index is 0. The van der Waals surface area contributed by atoms with Crippen LogP contribution < -0.4 is 16.0 Å². The molecule has 1 aromatic heterocycles. The van der Waals surface area contributed by atoms with E-state index in [0.29, 0.717) is 24.3 Å². The molecule has 0 spiro atoms. The van der Waals surface area contributed by atoms with Crippen molar-refractivity contribution in [3.05, 3.63) is 47.8 Å². The van der Waals surface area contributed by atoms with Crippen LogP contribution in [0.2, 0.25) is 0 Å². The summed E-state index contributed by atoms with van der Waals surface area (Å²) in [5.41, 5.74) is 2.35. The number of hydrogen-bond acceptors (Lipinski definition) is 4. The van der Waals surface area contributed by atoms with Crippen LogP contribution in [0.5, 0.6) is 0 Å². The normalized spacial score (nSPS) is 18.6. The first-order chi connectivity index (χ1) is 12.6. The first-order valence-electron chi connectivity index (χ1n) is 8.97. The molecule has 3 N–H and O–H groups in total. The Bertz CT molecular complexity index is 775. The van der Waals surface area contributed by atoms with Crippen molar-refractivity contribution in [1.29, 1.82) is 0 Å². The summed E-state index contributed by atoms with van der Waals surface area (Å²) in [5.74, 6) is -0.150. The van der Waals surface area contributed by atoms with Crippen LogP contribution in [0.25, 0.3) is 0 Å². The van der Waals surface area contributed by atoms with E-state index in [1.54, 1.807) is 28.9 Å². The Labute approximate surface area is 165 Å². The van der Waals surface area contributed by atoms with Crippen molar-refractivity contribution in [1.82, 2.24) is 20.4 Å². The monoisotopic (exact) mass is 391 g/mol. The molecule has 0 radical (unpaired) electrons. The number of hydrogen-bond donors (Lipinski definition) is 3. The van der Waals surface area contributed by atoms with Gasteiger partial charge in [-0.05, 0) is 36.2 Å². The molecule has 0 unspecified atom stereocenters. The van der Waals surface area contributed by atoms with Crippen LogP contribution in [0.3, 0.4) is 0 Å². The van der Waals surface area contributed by atoms with E-state index in [9.17, 15) is 9.59 Å². The van der Waals surface area contributed by atoms with Crippen molar-refractivity contribution < 1.29 is 9.59 Å². The smallest absolute Gasteiger partial charge is 0.251 e. The van der Waals surface area contributed by atoms with Crippen LogP contribution in [-0.4, -0.2) is 41.2 Å². The van der Waals surface area contributed by atoms with Crippen molar-refractivity contribution in [2.24, 2.45) is 13.0 Å². The van der Waals surface area contributed by atoms with Gasteiger partial charge in [-0.1, -0.05) is 6.92 Å². The van der Waals surface area contributed by atoms with Crippen LogP contribution in [0.4, 0.5) is 5.69 Å². The second-order valence-corrected chi connectivity index (χ2v) is 6.64. The third-order valence-electron chi connectivity index (χ3n) is 4.65. The maximum Gasteiger partial charge on any atom is 0.251 e. The molecule has 27 heavy (non-hydrogen) atoms. The highest BCUT2D eigenvalue weighted by molar-refractivity contribution is 5.96. The summed E-state index contributed by atoms with van der Waals surface area (Å²) < 4.78 is 1.75. The highest BCUT2D eigenvalue weighted by Gasteiger charge is 2.34. The second-order valence-electron chi connectivity index (χ2n) is 6.64. The number of amides is 2. The number of benzene rings is 1. The average molecular weight is 392 g/mol. The van der Waals surface area contributed by atoms with Gasteiger partial charge in [-0.2, -0.15) is 5.10 Å². The molecule has 2 amide bonds. The predicted molar refractivity (Wildman–Crippen MR) is 107 cm³/mol. The molecule has 1 saturated heterocycles. The molecule has 7 nitrogen and oxygen atoms in total. The van der Waals surface area contributed by atoms with E-state index >= 15 is 0 Å². The minimum Gasteiger partial charge on any atom is -0.352 e. The Morgan fingerprint density at radius 1 is 1.26 bits per heavy atom. The molecular weight excluding hydrogens is 366 g/mol. The topological polar surface area (TPSA) is 88.1 Å². The van der Waals surface area contributed by atoms with Gasteiger partial charge in [-0.3, -0.25) is 14.3 Å². The number of nitrogens with zero attached hydrogens (tertiary/aromatic N) is 2. The Kier molecular flexibility index (Phi) is 7.38. The van der Waals surface area contributed by atoms with Gasteiger partial charge >= 0.3 is 0 Å². The van der Waals surface area contributed by atoms with Crippen LogP contribution in [-0.2, 0) is 11.8 Å². The predicted octanol–water partition coefficient (Wildman–Crippen LogP) is 1.92. The van der Waals surface area contributed by atoms with Crippen molar-refractivity contribution in [3.63, 3.8) is 0 Å². The summed E-state index contributed by atoms with van der Waals surface area (Å²) in [4.78, 5) is 24.6. The van der Waals surface area contributed by atoms with E-state index < -0.39 is 0 Å². The van der Waals surface area contributed by atoms with E-state index in [-0.39, 0.29) is 36.1 Å². The number of halogens is 1. The molecule has 0 saturated carbocycles. The third kappa shape index (κ3) is 5.08. The number of nitrogens with one attached hydrogen (secondary N) is 3. The zero-order valence-electron chi connectivity index (χ0n) is 15.6. The van der Waals surface area contributed by atoms with Gasteiger partial charge in [-0.25, -0.2) is 0 Å². The lowest BCUT2D eigenvalue weighted by Crippen LogP contribution is -2.28. The number of rotatable bonds is 6. The first kappa shape index (κ1) is 20.9. The van der Waals surface area contributed by atoms with E-state index in [1.165, 1.54) is 0 Å². The fourth-order valence-electron chi connectivity index (χ4n) is 3.22. The van der Waals surface area contributed by atoms with Gasteiger partial charge in [0.15, 0.2) is 0 Å². The Balaban J connectivity index is 0.00000261. The van der Waals surface area contributed by atoms with Crippen LogP contribution in [0.1, 0.15) is 35.2 Å². The van der Waals surface area contributed by atoms with Gasteiger partial charge in [-0.15, -0.1) is 12.4 Å². The van der Waals surface area contributed by atoms with E-state index in [4.69, 9.17) is 0 Å². The van der Waals surface area contributed by atoms with E-state index in [0.717, 1.165) is 18.5 Å². The standard InChI is InChI=1S/C19H25N5O2.ClH/c1-3-8-21-18(25)13-4-6-15(7-5-13)23-19(26)17-11-20-10-16(17)14-9-22-24(2)12-14;/h4-7,9,12,16-17,20H,3,8,10-11H2,1-2H3,(H,21,25)(H,23,26);1H/t16-,17+;/m1./s1. The number of carbonyl (C=O) groups excluding carboxylic acids is 2. The summed E-state index contributed by atoms with van der Waals surface area (Å²) >= 11 is 0.